The van der Waals surface area contributed by atoms with Gasteiger partial charge in [-0.1, -0.05) is 6.92 Å². The number of carboxylic acid groups (broad SMARTS) is 1. The van der Waals surface area contributed by atoms with E-state index >= 15 is 0 Å². The van der Waals surface area contributed by atoms with E-state index in [9.17, 15) is 9.59 Å². The van der Waals surface area contributed by atoms with Crippen molar-refractivity contribution < 1.29 is 14.7 Å². The number of aromatic amines is 1. The summed E-state index contributed by atoms with van der Waals surface area (Å²) >= 11 is 0. The highest BCUT2D eigenvalue weighted by Crippen LogP contribution is 2.11. The maximum absolute atomic E-state index is 12.0. The number of aryl methyl sites for hydroxylation is 2. The molecule has 1 unspecified atom stereocenters. The molecule has 1 amide bonds. The van der Waals surface area contributed by atoms with E-state index in [1.807, 2.05) is 13.8 Å². The number of carboxylic acids is 1. The first-order valence-electron chi connectivity index (χ1n) is 5.80. The number of amides is 1. The fraction of sp³-hybridized carbons (Fsp3) is 0.583. The quantitative estimate of drug-likeness (QED) is 0.810. The third kappa shape index (κ3) is 3.32. The van der Waals surface area contributed by atoms with Gasteiger partial charge in [-0.2, -0.15) is 5.10 Å². The Hall–Kier alpha value is -1.85. The number of rotatable bonds is 5. The van der Waals surface area contributed by atoms with E-state index in [0.717, 1.165) is 17.0 Å². The summed E-state index contributed by atoms with van der Waals surface area (Å²) in [5, 5.41) is 15.7. The van der Waals surface area contributed by atoms with E-state index in [-0.39, 0.29) is 18.9 Å². The van der Waals surface area contributed by atoms with Gasteiger partial charge in [-0.3, -0.25) is 14.7 Å². The molecule has 2 N–H and O–H groups in total. The summed E-state index contributed by atoms with van der Waals surface area (Å²) in [4.78, 5) is 24.1. The molecule has 0 saturated carbocycles. The topological polar surface area (TPSA) is 86.3 Å². The second-order valence-corrected chi connectivity index (χ2v) is 4.60. The molecular formula is C12H19N3O3. The Morgan fingerprint density at radius 3 is 2.50 bits per heavy atom. The number of aliphatic carboxylic acids is 1. The molecule has 1 aromatic heterocycles. The van der Waals surface area contributed by atoms with Crippen LogP contribution in [0.5, 0.6) is 0 Å². The number of hydrogen-bond acceptors (Lipinski definition) is 3. The van der Waals surface area contributed by atoms with Crippen LogP contribution in [0.15, 0.2) is 0 Å². The molecule has 1 aromatic rings. The minimum absolute atomic E-state index is 0.101. The lowest BCUT2D eigenvalue weighted by Crippen LogP contribution is -2.34. The van der Waals surface area contributed by atoms with Gasteiger partial charge in [-0.15, -0.1) is 0 Å². The van der Waals surface area contributed by atoms with E-state index < -0.39 is 11.9 Å². The molecular weight excluding hydrogens is 234 g/mol. The maximum Gasteiger partial charge on any atom is 0.308 e. The number of carbonyl (C=O) groups is 2. The highest BCUT2D eigenvalue weighted by Gasteiger charge is 2.19. The van der Waals surface area contributed by atoms with Gasteiger partial charge in [0.2, 0.25) is 5.91 Å². The summed E-state index contributed by atoms with van der Waals surface area (Å²) in [6.07, 6.45) is 0.247. The molecule has 1 atom stereocenters. The molecule has 0 fully saturated rings. The van der Waals surface area contributed by atoms with Crippen molar-refractivity contribution in [3.05, 3.63) is 17.0 Å². The summed E-state index contributed by atoms with van der Waals surface area (Å²) in [5.41, 5.74) is 2.57. The molecule has 18 heavy (non-hydrogen) atoms. The van der Waals surface area contributed by atoms with Crippen LogP contribution in [0.2, 0.25) is 0 Å². The SMILES string of the molecule is Cc1n[nH]c(C)c1CC(=O)N(C)CC(C)C(=O)O. The van der Waals surface area contributed by atoms with Crippen LogP contribution < -0.4 is 0 Å². The van der Waals surface area contributed by atoms with Crippen LogP contribution in [-0.4, -0.2) is 45.7 Å². The minimum atomic E-state index is -0.898. The second kappa shape index (κ2) is 5.66. The standard InChI is InChI=1S/C12H19N3O3/c1-7(12(17)18)6-15(4)11(16)5-10-8(2)13-14-9(10)3/h7H,5-6H2,1-4H3,(H,13,14)(H,17,18). The first-order chi connectivity index (χ1) is 8.32. The van der Waals surface area contributed by atoms with Gasteiger partial charge in [0.05, 0.1) is 18.0 Å². The van der Waals surface area contributed by atoms with Crippen molar-refractivity contribution in [2.75, 3.05) is 13.6 Å². The van der Waals surface area contributed by atoms with Gasteiger partial charge < -0.3 is 10.0 Å². The molecule has 0 spiro atoms. The van der Waals surface area contributed by atoms with Gasteiger partial charge in [-0.25, -0.2) is 0 Å². The molecule has 0 aliphatic heterocycles. The smallest absolute Gasteiger partial charge is 0.308 e. The van der Waals surface area contributed by atoms with E-state index in [1.165, 1.54) is 4.90 Å². The summed E-state index contributed by atoms with van der Waals surface area (Å²) in [6, 6.07) is 0. The Bertz CT molecular complexity index is 434. The monoisotopic (exact) mass is 253 g/mol. The van der Waals surface area contributed by atoms with Crippen molar-refractivity contribution in [3.63, 3.8) is 0 Å². The van der Waals surface area contributed by atoms with E-state index in [4.69, 9.17) is 5.11 Å². The molecule has 1 heterocycles. The van der Waals surface area contributed by atoms with Crippen molar-refractivity contribution >= 4 is 11.9 Å². The Labute approximate surface area is 106 Å². The maximum atomic E-state index is 12.0. The van der Waals surface area contributed by atoms with Crippen LogP contribution >= 0.6 is 0 Å². The summed E-state index contributed by atoms with van der Waals surface area (Å²) in [7, 11) is 1.62. The number of hydrogen-bond donors (Lipinski definition) is 2. The zero-order valence-corrected chi connectivity index (χ0v) is 11.1. The van der Waals surface area contributed by atoms with Gasteiger partial charge >= 0.3 is 5.97 Å². The van der Waals surface area contributed by atoms with Crippen LogP contribution in [0, 0.1) is 19.8 Å². The third-order valence-corrected chi connectivity index (χ3v) is 3.00. The molecule has 0 saturated heterocycles. The zero-order valence-electron chi connectivity index (χ0n) is 11.1. The van der Waals surface area contributed by atoms with Gasteiger partial charge in [0.25, 0.3) is 0 Å². The van der Waals surface area contributed by atoms with Crippen LogP contribution in [0.1, 0.15) is 23.9 Å². The number of nitrogens with zero attached hydrogens (tertiary/aromatic N) is 2. The van der Waals surface area contributed by atoms with Gasteiger partial charge in [0, 0.05) is 24.8 Å². The predicted molar refractivity (Wildman–Crippen MR) is 66.2 cm³/mol. The van der Waals surface area contributed by atoms with Gasteiger partial charge in [0.15, 0.2) is 0 Å². The van der Waals surface area contributed by atoms with Gasteiger partial charge in [0.1, 0.15) is 0 Å². The third-order valence-electron chi connectivity index (χ3n) is 3.00. The lowest BCUT2D eigenvalue weighted by atomic mass is 10.1. The lowest BCUT2D eigenvalue weighted by Gasteiger charge is -2.19. The Kier molecular flexibility index (Phi) is 4.47. The molecule has 0 bridgehead atoms. The second-order valence-electron chi connectivity index (χ2n) is 4.60. The van der Waals surface area contributed by atoms with E-state index in [0.29, 0.717) is 0 Å². The molecule has 100 valence electrons. The molecule has 0 aliphatic carbocycles. The van der Waals surface area contributed by atoms with E-state index in [2.05, 4.69) is 10.2 Å². The van der Waals surface area contributed by atoms with Crippen LogP contribution in [0.3, 0.4) is 0 Å². The normalized spacial score (nSPS) is 12.2. The van der Waals surface area contributed by atoms with Crippen LogP contribution in [0.25, 0.3) is 0 Å². The number of carbonyl (C=O) groups excluding carboxylic acids is 1. The lowest BCUT2D eigenvalue weighted by molar-refractivity contribution is -0.142. The fourth-order valence-electron chi connectivity index (χ4n) is 1.71. The van der Waals surface area contributed by atoms with E-state index in [1.54, 1.807) is 14.0 Å². The van der Waals surface area contributed by atoms with Gasteiger partial charge in [-0.05, 0) is 13.8 Å². The Balaban J connectivity index is 2.63. The van der Waals surface area contributed by atoms with Crippen LogP contribution in [-0.2, 0) is 16.0 Å². The molecule has 0 aromatic carbocycles. The average Bonchev–Trinajstić information content (AvgIpc) is 2.60. The van der Waals surface area contributed by atoms with Crippen LogP contribution in [0.4, 0.5) is 0 Å². The predicted octanol–water partition coefficient (Wildman–Crippen LogP) is 0.748. The molecule has 6 heteroatoms. The first kappa shape index (κ1) is 14.2. The van der Waals surface area contributed by atoms with Crippen molar-refractivity contribution in [1.82, 2.24) is 15.1 Å². The summed E-state index contributed by atoms with van der Waals surface area (Å²) in [5.74, 6) is -1.56. The molecule has 6 nitrogen and oxygen atoms in total. The first-order valence-corrected chi connectivity index (χ1v) is 5.80. The molecule has 0 aliphatic rings. The number of H-pyrrole nitrogens is 1. The van der Waals surface area contributed by atoms with Crippen molar-refractivity contribution in [2.45, 2.75) is 27.2 Å². The summed E-state index contributed by atoms with van der Waals surface area (Å²) < 4.78 is 0. The Morgan fingerprint density at radius 1 is 1.44 bits per heavy atom. The highest BCUT2D eigenvalue weighted by molar-refractivity contribution is 5.80. The fourth-order valence-corrected chi connectivity index (χ4v) is 1.71. The van der Waals surface area contributed by atoms with Crippen molar-refractivity contribution in [2.24, 2.45) is 5.92 Å². The summed E-state index contributed by atoms with van der Waals surface area (Å²) in [6.45, 7) is 5.50. The number of aromatic nitrogens is 2. The van der Waals surface area contributed by atoms with Crippen molar-refractivity contribution in [1.29, 1.82) is 0 Å². The minimum Gasteiger partial charge on any atom is -0.481 e. The zero-order chi connectivity index (χ0) is 13.9. The number of nitrogens with one attached hydrogen (secondary N) is 1. The molecule has 1 rings (SSSR count). The number of likely N-dealkylation sites (N-methyl/N-ethyl adjacent to an activating group) is 1. The average molecular weight is 253 g/mol. The molecule has 0 radical (unpaired) electrons. The highest BCUT2D eigenvalue weighted by atomic mass is 16.4. The Morgan fingerprint density at radius 2 is 2.06 bits per heavy atom. The van der Waals surface area contributed by atoms with Crippen molar-refractivity contribution in [3.8, 4) is 0 Å². The largest absolute Gasteiger partial charge is 0.481 e.